The lowest BCUT2D eigenvalue weighted by molar-refractivity contribution is -0.384. The Bertz CT molecular complexity index is 989. The molecule has 0 N–H and O–H groups in total. The normalized spacial score (nSPS) is 10.2. The van der Waals surface area contributed by atoms with Gasteiger partial charge in [-0.15, -0.1) is 0 Å². The minimum absolute atomic E-state index is 0.0245. The highest BCUT2D eigenvalue weighted by Gasteiger charge is 2.19. The van der Waals surface area contributed by atoms with Crippen molar-refractivity contribution in [1.82, 2.24) is 0 Å². The van der Waals surface area contributed by atoms with Gasteiger partial charge in [0.2, 0.25) is 0 Å². The van der Waals surface area contributed by atoms with E-state index in [2.05, 4.69) is 0 Å². The Labute approximate surface area is 167 Å². The summed E-state index contributed by atoms with van der Waals surface area (Å²) in [6, 6.07) is 22.9. The fourth-order valence-corrected chi connectivity index (χ4v) is 2.73. The quantitative estimate of drug-likeness (QED) is 0.344. The van der Waals surface area contributed by atoms with Crippen LogP contribution in [0.2, 0.25) is 0 Å². The highest BCUT2D eigenvalue weighted by molar-refractivity contribution is 6.06. The highest BCUT2D eigenvalue weighted by Crippen LogP contribution is 2.21. The van der Waals surface area contributed by atoms with Crippen molar-refractivity contribution >= 4 is 23.3 Å². The molecule has 0 unspecified atom stereocenters. The molecule has 0 aliphatic rings. The number of anilines is 1. The van der Waals surface area contributed by atoms with E-state index < -0.39 is 10.9 Å². The zero-order chi connectivity index (χ0) is 20.6. The van der Waals surface area contributed by atoms with E-state index in [1.54, 1.807) is 60.7 Å². The second-order valence-corrected chi connectivity index (χ2v) is 6.10. The summed E-state index contributed by atoms with van der Waals surface area (Å²) in [5.41, 5.74) is 1.28. The van der Waals surface area contributed by atoms with Crippen LogP contribution in [-0.4, -0.2) is 30.0 Å². The van der Waals surface area contributed by atoms with Crippen LogP contribution in [0.15, 0.2) is 84.9 Å². The van der Waals surface area contributed by atoms with Gasteiger partial charge in [-0.05, 0) is 36.4 Å². The molecule has 146 valence electrons. The van der Waals surface area contributed by atoms with Gasteiger partial charge in [0.1, 0.15) is 6.61 Å². The number of nitro groups is 1. The largest absolute Gasteiger partial charge is 0.460 e. The van der Waals surface area contributed by atoms with Crippen LogP contribution in [-0.2, 0) is 4.74 Å². The number of hydrogen-bond acceptors (Lipinski definition) is 5. The van der Waals surface area contributed by atoms with Crippen LogP contribution in [0.1, 0.15) is 20.7 Å². The van der Waals surface area contributed by atoms with Crippen LogP contribution in [0.25, 0.3) is 0 Å². The molecule has 0 bridgehead atoms. The van der Waals surface area contributed by atoms with Crippen molar-refractivity contribution in [3.8, 4) is 0 Å². The third-order valence-electron chi connectivity index (χ3n) is 4.20. The van der Waals surface area contributed by atoms with Crippen LogP contribution in [0.4, 0.5) is 11.4 Å². The first-order chi connectivity index (χ1) is 14.1. The Morgan fingerprint density at radius 3 is 1.93 bits per heavy atom. The average Bonchev–Trinajstić information content (AvgIpc) is 2.77. The summed E-state index contributed by atoms with van der Waals surface area (Å²) in [4.78, 5) is 36.9. The maximum absolute atomic E-state index is 13.0. The van der Waals surface area contributed by atoms with Crippen molar-refractivity contribution in [2.75, 3.05) is 18.1 Å². The fraction of sp³-hybridized carbons (Fsp3) is 0.0909. The number of amides is 1. The summed E-state index contributed by atoms with van der Waals surface area (Å²) >= 11 is 0. The van der Waals surface area contributed by atoms with E-state index in [9.17, 15) is 19.7 Å². The molecular formula is C22H18N2O5. The number of non-ortho nitro benzene ring substituents is 1. The highest BCUT2D eigenvalue weighted by atomic mass is 16.6. The van der Waals surface area contributed by atoms with Gasteiger partial charge in [0.25, 0.3) is 11.6 Å². The van der Waals surface area contributed by atoms with Gasteiger partial charge in [-0.1, -0.05) is 36.4 Å². The molecule has 0 saturated heterocycles. The Balaban J connectivity index is 1.76. The number of carbonyl (C=O) groups excluding carboxylic acids is 2. The molecule has 0 atom stereocenters. The average molecular weight is 390 g/mol. The summed E-state index contributed by atoms with van der Waals surface area (Å²) in [6.07, 6.45) is 0. The van der Waals surface area contributed by atoms with Gasteiger partial charge in [-0.3, -0.25) is 14.9 Å². The maximum Gasteiger partial charge on any atom is 0.338 e. The number of benzene rings is 3. The summed E-state index contributed by atoms with van der Waals surface area (Å²) < 4.78 is 5.29. The van der Waals surface area contributed by atoms with Gasteiger partial charge >= 0.3 is 5.97 Å². The summed E-state index contributed by atoms with van der Waals surface area (Å²) in [6.45, 7) is 0.0768. The van der Waals surface area contributed by atoms with Gasteiger partial charge in [0, 0.05) is 23.4 Å². The van der Waals surface area contributed by atoms with Gasteiger partial charge in [0.05, 0.1) is 17.0 Å². The standard InChI is InChI=1S/C22H18N2O5/c25-21(17-7-3-1-4-8-17)23(19-11-13-20(14-12-19)24(27)28)15-16-29-22(26)18-9-5-2-6-10-18/h1-14H,15-16H2. The Morgan fingerprint density at radius 1 is 0.828 bits per heavy atom. The molecule has 29 heavy (non-hydrogen) atoms. The molecule has 0 aromatic heterocycles. The molecule has 0 aliphatic heterocycles. The number of carbonyl (C=O) groups is 2. The molecule has 0 fully saturated rings. The van der Waals surface area contributed by atoms with E-state index >= 15 is 0 Å². The van der Waals surface area contributed by atoms with Crippen molar-refractivity contribution in [3.05, 3.63) is 106 Å². The first-order valence-electron chi connectivity index (χ1n) is 8.90. The van der Waals surface area contributed by atoms with Gasteiger partial charge in [0.15, 0.2) is 0 Å². The number of nitrogens with zero attached hydrogens (tertiary/aromatic N) is 2. The van der Waals surface area contributed by atoms with Crippen molar-refractivity contribution in [3.63, 3.8) is 0 Å². The predicted molar refractivity (Wildman–Crippen MR) is 108 cm³/mol. The van der Waals surface area contributed by atoms with E-state index in [1.807, 2.05) is 0 Å². The number of esters is 1. The molecule has 3 aromatic rings. The third-order valence-corrected chi connectivity index (χ3v) is 4.20. The van der Waals surface area contributed by atoms with E-state index in [0.717, 1.165) is 0 Å². The number of ether oxygens (including phenoxy) is 1. The summed E-state index contributed by atoms with van der Waals surface area (Å²) in [5.74, 6) is -0.781. The van der Waals surface area contributed by atoms with Crippen molar-refractivity contribution in [2.45, 2.75) is 0 Å². The zero-order valence-electron chi connectivity index (χ0n) is 15.4. The summed E-state index contributed by atoms with van der Waals surface area (Å²) in [5, 5.41) is 10.9. The van der Waals surface area contributed by atoms with Crippen LogP contribution in [0.3, 0.4) is 0 Å². The van der Waals surface area contributed by atoms with Crippen molar-refractivity contribution < 1.29 is 19.2 Å². The van der Waals surface area contributed by atoms with Crippen molar-refractivity contribution in [2.24, 2.45) is 0 Å². The predicted octanol–water partition coefficient (Wildman–Crippen LogP) is 4.10. The van der Waals surface area contributed by atoms with Crippen LogP contribution in [0, 0.1) is 10.1 Å². The van der Waals surface area contributed by atoms with Gasteiger partial charge < -0.3 is 9.64 Å². The fourth-order valence-electron chi connectivity index (χ4n) is 2.73. The minimum Gasteiger partial charge on any atom is -0.460 e. The lowest BCUT2D eigenvalue weighted by atomic mass is 10.1. The lowest BCUT2D eigenvalue weighted by Crippen LogP contribution is -2.34. The maximum atomic E-state index is 13.0. The molecule has 0 saturated carbocycles. The number of nitro benzene ring substituents is 1. The molecule has 0 aliphatic carbocycles. The van der Waals surface area contributed by atoms with E-state index in [-0.39, 0.29) is 24.7 Å². The first kappa shape index (κ1) is 19.8. The Morgan fingerprint density at radius 2 is 1.38 bits per heavy atom. The molecule has 7 nitrogen and oxygen atoms in total. The third kappa shape index (κ3) is 5.04. The Kier molecular flexibility index (Phi) is 6.32. The van der Waals surface area contributed by atoms with Crippen LogP contribution >= 0.6 is 0 Å². The van der Waals surface area contributed by atoms with Crippen molar-refractivity contribution in [1.29, 1.82) is 0 Å². The smallest absolute Gasteiger partial charge is 0.338 e. The molecule has 0 heterocycles. The second-order valence-electron chi connectivity index (χ2n) is 6.10. The minimum atomic E-state index is -0.505. The van der Waals surface area contributed by atoms with Gasteiger partial charge in [-0.25, -0.2) is 4.79 Å². The van der Waals surface area contributed by atoms with E-state index in [4.69, 9.17) is 4.74 Å². The van der Waals surface area contributed by atoms with E-state index in [0.29, 0.717) is 16.8 Å². The monoisotopic (exact) mass is 390 g/mol. The first-order valence-corrected chi connectivity index (χ1v) is 8.90. The summed E-state index contributed by atoms with van der Waals surface area (Å²) in [7, 11) is 0. The van der Waals surface area contributed by atoms with Crippen LogP contribution in [0.5, 0.6) is 0 Å². The molecule has 1 amide bonds. The molecule has 0 spiro atoms. The molecule has 0 radical (unpaired) electrons. The van der Waals surface area contributed by atoms with Gasteiger partial charge in [-0.2, -0.15) is 0 Å². The molecule has 7 heteroatoms. The van der Waals surface area contributed by atoms with E-state index in [1.165, 1.54) is 29.2 Å². The molecule has 3 rings (SSSR count). The number of rotatable bonds is 7. The lowest BCUT2D eigenvalue weighted by Gasteiger charge is -2.23. The number of hydrogen-bond donors (Lipinski definition) is 0. The SMILES string of the molecule is O=C(OCCN(C(=O)c1ccccc1)c1ccc([N+](=O)[O-])cc1)c1ccccc1. The van der Waals surface area contributed by atoms with Crippen LogP contribution < -0.4 is 4.90 Å². The topological polar surface area (TPSA) is 89.8 Å². The second kappa shape index (κ2) is 9.27. The Hall–Kier alpha value is -4.00. The molecular weight excluding hydrogens is 372 g/mol. The molecule has 3 aromatic carbocycles. The zero-order valence-corrected chi connectivity index (χ0v) is 15.4.